The van der Waals surface area contributed by atoms with E-state index in [4.69, 9.17) is 10.4 Å². The van der Waals surface area contributed by atoms with Crippen molar-refractivity contribution in [1.29, 1.82) is 0 Å². The number of nitrogens with two attached hydrogens (primary N) is 1. The molecule has 0 unspecified atom stereocenters. The van der Waals surface area contributed by atoms with E-state index in [0.29, 0.717) is 18.3 Å². The molecule has 0 saturated heterocycles. The van der Waals surface area contributed by atoms with Gasteiger partial charge in [0.1, 0.15) is 28.9 Å². The van der Waals surface area contributed by atoms with Gasteiger partial charge in [-0.15, -0.1) is 0 Å². The highest BCUT2D eigenvalue weighted by Gasteiger charge is 2.27. The van der Waals surface area contributed by atoms with Crippen LogP contribution in [0.15, 0.2) is 16.7 Å². The van der Waals surface area contributed by atoms with Gasteiger partial charge in [-0.05, 0) is 19.8 Å². The molecule has 1 aliphatic rings. The minimum Gasteiger partial charge on any atom is -0.364 e. The van der Waals surface area contributed by atoms with E-state index < -0.39 is 0 Å². The molecule has 7 heteroatoms. The Labute approximate surface area is 110 Å². The molecule has 1 saturated carbocycles. The number of nitrogen functional groups attached to an aromatic ring is 1. The van der Waals surface area contributed by atoms with Gasteiger partial charge >= 0.3 is 0 Å². The van der Waals surface area contributed by atoms with Gasteiger partial charge in [0.25, 0.3) is 0 Å². The second kappa shape index (κ2) is 4.85. The highest BCUT2D eigenvalue weighted by molar-refractivity contribution is 5.47. The van der Waals surface area contributed by atoms with Gasteiger partial charge in [0.05, 0.1) is 6.54 Å². The summed E-state index contributed by atoms with van der Waals surface area (Å²) in [5.74, 6) is 8.90. The van der Waals surface area contributed by atoms with Gasteiger partial charge in [0.15, 0.2) is 0 Å². The Kier molecular flexibility index (Phi) is 3.04. The number of rotatable bonds is 5. The van der Waals surface area contributed by atoms with Crippen LogP contribution < -0.4 is 16.6 Å². The number of nitrogens with zero attached hydrogens (tertiary/aromatic N) is 3. The van der Waals surface area contributed by atoms with Crippen LogP contribution in [0.3, 0.4) is 0 Å². The molecule has 100 valence electrons. The first-order chi connectivity index (χ1) is 9.24. The number of nitrogens with one attached hydrogen (secondary N) is 2. The summed E-state index contributed by atoms with van der Waals surface area (Å²) in [6, 6.07) is 3.66. The zero-order chi connectivity index (χ0) is 13.2. The summed E-state index contributed by atoms with van der Waals surface area (Å²) in [7, 11) is 0. The molecule has 19 heavy (non-hydrogen) atoms. The molecule has 2 aromatic rings. The van der Waals surface area contributed by atoms with Crippen molar-refractivity contribution in [2.75, 3.05) is 10.7 Å². The summed E-state index contributed by atoms with van der Waals surface area (Å²) in [6.07, 6.45) is 2.30. The Morgan fingerprint density at radius 3 is 2.74 bits per heavy atom. The lowest BCUT2D eigenvalue weighted by Gasteiger charge is -2.08. The van der Waals surface area contributed by atoms with Crippen molar-refractivity contribution in [3.05, 3.63) is 29.4 Å². The summed E-state index contributed by atoms with van der Waals surface area (Å²) in [4.78, 5) is 8.84. The van der Waals surface area contributed by atoms with Crippen molar-refractivity contribution in [3.8, 4) is 0 Å². The molecule has 1 aliphatic carbocycles. The average Bonchev–Trinajstić information content (AvgIpc) is 3.19. The summed E-state index contributed by atoms with van der Waals surface area (Å²) < 4.78 is 5.01. The number of hydrogen-bond acceptors (Lipinski definition) is 7. The van der Waals surface area contributed by atoms with Gasteiger partial charge in [-0.2, -0.15) is 0 Å². The van der Waals surface area contributed by atoms with E-state index >= 15 is 0 Å². The Bertz CT molecular complexity index is 577. The number of hydrogen-bond donors (Lipinski definition) is 3. The fourth-order valence-electron chi connectivity index (χ4n) is 1.84. The third-order valence-corrected chi connectivity index (χ3v) is 2.96. The fraction of sp³-hybridized carbons (Fsp3) is 0.417. The SMILES string of the molecule is Cc1cc(CNc2cc(NN)nc(C3CC3)n2)no1. The summed E-state index contributed by atoms with van der Waals surface area (Å²) in [5, 5.41) is 7.12. The minimum atomic E-state index is 0.475. The predicted molar refractivity (Wildman–Crippen MR) is 70.4 cm³/mol. The van der Waals surface area contributed by atoms with Crippen molar-refractivity contribution in [2.24, 2.45) is 5.84 Å². The Morgan fingerprint density at radius 1 is 1.32 bits per heavy atom. The molecule has 0 bridgehead atoms. The molecule has 1 fully saturated rings. The lowest BCUT2D eigenvalue weighted by Crippen LogP contribution is -2.12. The van der Waals surface area contributed by atoms with Gasteiger partial charge in [0, 0.05) is 18.1 Å². The summed E-state index contributed by atoms with van der Waals surface area (Å²) in [6.45, 7) is 2.42. The second-order valence-electron chi connectivity index (χ2n) is 4.70. The first-order valence-corrected chi connectivity index (χ1v) is 6.26. The lowest BCUT2D eigenvalue weighted by atomic mass is 10.3. The van der Waals surface area contributed by atoms with Crippen molar-refractivity contribution in [3.63, 3.8) is 0 Å². The van der Waals surface area contributed by atoms with Crippen molar-refractivity contribution >= 4 is 11.6 Å². The maximum absolute atomic E-state index is 5.42. The first kappa shape index (κ1) is 11.9. The van der Waals surface area contributed by atoms with E-state index in [1.54, 1.807) is 6.07 Å². The monoisotopic (exact) mass is 260 g/mol. The first-order valence-electron chi connectivity index (χ1n) is 6.26. The molecule has 3 rings (SSSR count). The smallest absolute Gasteiger partial charge is 0.145 e. The van der Waals surface area contributed by atoms with E-state index in [-0.39, 0.29) is 0 Å². The standard InChI is InChI=1S/C12H16N6O/c1-7-4-9(18-19-7)6-14-10-5-11(17-13)16-12(15-10)8-2-3-8/h4-5,8H,2-3,6,13H2,1H3,(H2,14,15,16,17). The average molecular weight is 260 g/mol. The van der Waals surface area contributed by atoms with Crippen LogP contribution in [0.2, 0.25) is 0 Å². The molecule has 0 aromatic carbocycles. The molecule has 7 nitrogen and oxygen atoms in total. The quantitative estimate of drug-likeness (QED) is 0.553. The summed E-state index contributed by atoms with van der Waals surface area (Å²) in [5.41, 5.74) is 3.41. The van der Waals surface area contributed by atoms with Gasteiger partial charge in [-0.25, -0.2) is 15.8 Å². The largest absolute Gasteiger partial charge is 0.364 e. The van der Waals surface area contributed by atoms with E-state index in [9.17, 15) is 0 Å². The Morgan fingerprint density at radius 2 is 2.11 bits per heavy atom. The molecular formula is C12H16N6O. The molecular weight excluding hydrogens is 244 g/mol. The lowest BCUT2D eigenvalue weighted by molar-refractivity contribution is 0.391. The molecule has 0 atom stereocenters. The normalized spacial score (nSPS) is 14.4. The van der Waals surface area contributed by atoms with Crippen molar-refractivity contribution < 1.29 is 4.52 Å². The number of hydrazine groups is 1. The van der Waals surface area contributed by atoms with Gasteiger partial charge in [-0.1, -0.05) is 5.16 Å². The molecule has 4 N–H and O–H groups in total. The van der Waals surface area contributed by atoms with Crippen molar-refractivity contribution in [2.45, 2.75) is 32.2 Å². The Hall–Kier alpha value is -2.15. The van der Waals surface area contributed by atoms with Crippen LogP contribution in [-0.4, -0.2) is 15.1 Å². The summed E-state index contributed by atoms with van der Waals surface area (Å²) >= 11 is 0. The van der Waals surface area contributed by atoms with Crippen molar-refractivity contribution in [1.82, 2.24) is 15.1 Å². The molecule has 2 heterocycles. The zero-order valence-corrected chi connectivity index (χ0v) is 10.7. The predicted octanol–water partition coefficient (Wildman–Crippen LogP) is 1.55. The molecule has 0 spiro atoms. The maximum atomic E-state index is 5.42. The van der Waals surface area contributed by atoms with Gasteiger partial charge < -0.3 is 15.3 Å². The van der Waals surface area contributed by atoms with Crippen LogP contribution in [-0.2, 0) is 6.54 Å². The van der Waals surface area contributed by atoms with Crippen LogP contribution >= 0.6 is 0 Å². The van der Waals surface area contributed by atoms with Gasteiger partial charge in [-0.3, -0.25) is 0 Å². The van der Waals surface area contributed by atoms with Gasteiger partial charge in [0.2, 0.25) is 0 Å². The fourth-order valence-corrected chi connectivity index (χ4v) is 1.84. The van der Waals surface area contributed by atoms with Crippen LogP contribution in [0, 0.1) is 6.92 Å². The van der Waals surface area contributed by atoms with E-state index in [1.165, 1.54) is 0 Å². The van der Waals surface area contributed by atoms with Crippen LogP contribution in [0.4, 0.5) is 11.6 Å². The highest BCUT2D eigenvalue weighted by atomic mass is 16.5. The van der Waals surface area contributed by atoms with Crippen LogP contribution in [0.25, 0.3) is 0 Å². The molecule has 0 aliphatic heterocycles. The molecule has 2 aromatic heterocycles. The highest BCUT2D eigenvalue weighted by Crippen LogP contribution is 2.38. The van der Waals surface area contributed by atoms with E-state index in [0.717, 1.165) is 35.9 Å². The second-order valence-corrected chi connectivity index (χ2v) is 4.70. The Balaban J connectivity index is 1.74. The maximum Gasteiger partial charge on any atom is 0.145 e. The molecule has 0 amide bonds. The third kappa shape index (κ3) is 2.82. The third-order valence-electron chi connectivity index (χ3n) is 2.96. The zero-order valence-electron chi connectivity index (χ0n) is 10.7. The van der Waals surface area contributed by atoms with E-state index in [2.05, 4.69) is 25.9 Å². The van der Waals surface area contributed by atoms with E-state index in [1.807, 2.05) is 13.0 Å². The van der Waals surface area contributed by atoms with Crippen LogP contribution in [0.1, 0.15) is 36.0 Å². The number of aromatic nitrogens is 3. The number of anilines is 2. The minimum absolute atomic E-state index is 0.475. The van der Waals surface area contributed by atoms with Crippen LogP contribution in [0.5, 0.6) is 0 Å². The topological polar surface area (TPSA) is 102 Å². The molecule has 0 radical (unpaired) electrons. The number of aryl methyl sites for hydroxylation is 1.